The molecule has 0 saturated heterocycles. The Hall–Kier alpha value is -2.10. The molecular formula is C11H12N4. The van der Waals surface area contributed by atoms with Gasteiger partial charge in [0.25, 0.3) is 0 Å². The Morgan fingerprint density at radius 3 is 2.47 bits per heavy atom. The number of hydrogen-bond acceptors (Lipinski definition) is 4. The summed E-state index contributed by atoms with van der Waals surface area (Å²) in [6.45, 7) is 2.02. The van der Waals surface area contributed by atoms with E-state index in [9.17, 15) is 0 Å². The van der Waals surface area contributed by atoms with Crippen LogP contribution >= 0.6 is 0 Å². The smallest absolute Gasteiger partial charge is 0.222 e. The first-order chi connectivity index (χ1) is 7.16. The fourth-order valence-corrected chi connectivity index (χ4v) is 1.48. The van der Waals surface area contributed by atoms with Crippen LogP contribution in [-0.2, 0) is 0 Å². The Bertz CT molecular complexity index is 473. The third-order valence-electron chi connectivity index (χ3n) is 2.18. The number of nitrogen functional groups attached to an aromatic ring is 2. The van der Waals surface area contributed by atoms with E-state index >= 15 is 0 Å². The van der Waals surface area contributed by atoms with Crippen molar-refractivity contribution >= 4 is 11.8 Å². The van der Waals surface area contributed by atoms with Gasteiger partial charge in [-0.3, -0.25) is 0 Å². The summed E-state index contributed by atoms with van der Waals surface area (Å²) in [5, 5.41) is 0. The molecule has 0 aliphatic carbocycles. The molecule has 0 bridgehead atoms. The fourth-order valence-electron chi connectivity index (χ4n) is 1.48. The summed E-state index contributed by atoms with van der Waals surface area (Å²) < 4.78 is 0. The largest absolute Gasteiger partial charge is 0.384 e. The molecule has 2 aromatic rings. The van der Waals surface area contributed by atoms with Gasteiger partial charge in [0.2, 0.25) is 5.95 Å². The minimum Gasteiger partial charge on any atom is -0.384 e. The predicted molar refractivity (Wildman–Crippen MR) is 61.0 cm³/mol. The van der Waals surface area contributed by atoms with Crippen molar-refractivity contribution in [3.05, 3.63) is 35.9 Å². The molecule has 1 aromatic carbocycles. The second-order valence-corrected chi connectivity index (χ2v) is 3.35. The first kappa shape index (κ1) is 9.45. The lowest BCUT2D eigenvalue weighted by Gasteiger charge is -2.05. The molecule has 0 aliphatic heterocycles. The molecule has 1 heterocycles. The first-order valence-corrected chi connectivity index (χ1v) is 4.63. The average Bonchev–Trinajstić information content (AvgIpc) is 2.16. The lowest BCUT2D eigenvalue weighted by molar-refractivity contribution is 1.19. The van der Waals surface area contributed by atoms with Crippen LogP contribution in [0.1, 0.15) is 5.56 Å². The summed E-state index contributed by atoms with van der Waals surface area (Å²) in [4.78, 5) is 7.99. The van der Waals surface area contributed by atoms with Gasteiger partial charge in [0.1, 0.15) is 5.82 Å². The third-order valence-corrected chi connectivity index (χ3v) is 2.18. The zero-order valence-corrected chi connectivity index (χ0v) is 8.44. The van der Waals surface area contributed by atoms with Crippen molar-refractivity contribution in [1.82, 2.24) is 9.97 Å². The first-order valence-electron chi connectivity index (χ1n) is 4.63. The highest BCUT2D eigenvalue weighted by Crippen LogP contribution is 2.22. The Morgan fingerprint density at radius 2 is 1.80 bits per heavy atom. The molecule has 4 nitrogen and oxygen atoms in total. The minimum absolute atomic E-state index is 0.202. The number of benzene rings is 1. The van der Waals surface area contributed by atoms with Crippen molar-refractivity contribution in [3.63, 3.8) is 0 Å². The zero-order chi connectivity index (χ0) is 10.8. The quantitative estimate of drug-likeness (QED) is 0.733. The van der Waals surface area contributed by atoms with Gasteiger partial charge in [0.05, 0.1) is 5.69 Å². The van der Waals surface area contributed by atoms with Crippen molar-refractivity contribution in [1.29, 1.82) is 0 Å². The number of hydrogen-bond donors (Lipinski definition) is 2. The topological polar surface area (TPSA) is 77.8 Å². The van der Waals surface area contributed by atoms with Crippen molar-refractivity contribution in [2.24, 2.45) is 0 Å². The molecule has 0 amide bonds. The molecule has 0 atom stereocenters. The summed E-state index contributed by atoms with van der Waals surface area (Å²) in [6, 6.07) is 9.66. The Kier molecular flexibility index (Phi) is 2.25. The van der Waals surface area contributed by atoms with Gasteiger partial charge in [0, 0.05) is 11.6 Å². The molecule has 15 heavy (non-hydrogen) atoms. The SMILES string of the molecule is Cc1ccccc1-c1cc(N)nc(N)n1. The number of anilines is 2. The number of aromatic nitrogens is 2. The number of nitrogens with zero attached hydrogens (tertiary/aromatic N) is 2. The molecule has 0 aliphatic rings. The van der Waals surface area contributed by atoms with E-state index in [1.807, 2.05) is 31.2 Å². The van der Waals surface area contributed by atoms with Gasteiger partial charge in [-0.15, -0.1) is 0 Å². The van der Waals surface area contributed by atoms with E-state index in [1.54, 1.807) is 6.07 Å². The van der Waals surface area contributed by atoms with Crippen LogP contribution in [0.5, 0.6) is 0 Å². The van der Waals surface area contributed by atoms with Crippen LogP contribution in [0.4, 0.5) is 11.8 Å². The zero-order valence-electron chi connectivity index (χ0n) is 8.44. The van der Waals surface area contributed by atoms with Crippen LogP contribution < -0.4 is 11.5 Å². The fraction of sp³-hybridized carbons (Fsp3) is 0.0909. The van der Waals surface area contributed by atoms with E-state index in [2.05, 4.69) is 9.97 Å². The number of rotatable bonds is 1. The van der Waals surface area contributed by atoms with Crippen LogP contribution in [0.2, 0.25) is 0 Å². The molecular weight excluding hydrogens is 188 g/mol. The summed E-state index contributed by atoms with van der Waals surface area (Å²) in [5.74, 6) is 0.592. The van der Waals surface area contributed by atoms with Crippen molar-refractivity contribution in [3.8, 4) is 11.3 Å². The standard InChI is InChI=1S/C11H12N4/c1-7-4-2-3-5-8(7)9-6-10(12)15-11(13)14-9/h2-6H,1H3,(H4,12,13,14,15). The van der Waals surface area contributed by atoms with Gasteiger partial charge in [-0.25, -0.2) is 4.98 Å². The third kappa shape index (κ3) is 1.88. The lowest BCUT2D eigenvalue weighted by atomic mass is 10.1. The maximum absolute atomic E-state index is 5.62. The molecule has 0 spiro atoms. The van der Waals surface area contributed by atoms with Gasteiger partial charge in [0.15, 0.2) is 0 Å². The molecule has 0 unspecified atom stereocenters. The van der Waals surface area contributed by atoms with Crippen LogP contribution in [0, 0.1) is 6.92 Å². The highest BCUT2D eigenvalue weighted by atomic mass is 15.0. The van der Waals surface area contributed by atoms with Gasteiger partial charge in [-0.05, 0) is 12.5 Å². The Balaban J connectivity index is 2.59. The van der Waals surface area contributed by atoms with Gasteiger partial charge in [-0.2, -0.15) is 4.98 Å². The second kappa shape index (κ2) is 3.57. The van der Waals surface area contributed by atoms with E-state index < -0.39 is 0 Å². The van der Waals surface area contributed by atoms with Gasteiger partial charge < -0.3 is 11.5 Å². The highest BCUT2D eigenvalue weighted by Gasteiger charge is 2.04. The van der Waals surface area contributed by atoms with Crippen molar-refractivity contribution in [2.75, 3.05) is 11.5 Å². The summed E-state index contributed by atoms with van der Waals surface area (Å²) in [6.07, 6.45) is 0. The van der Waals surface area contributed by atoms with E-state index in [1.165, 1.54) is 0 Å². The number of nitrogens with two attached hydrogens (primary N) is 2. The molecule has 4 heteroatoms. The molecule has 4 N–H and O–H groups in total. The monoisotopic (exact) mass is 200 g/mol. The molecule has 76 valence electrons. The van der Waals surface area contributed by atoms with E-state index in [0.29, 0.717) is 5.82 Å². The summed E-state index contributed by atoms with van der Waals surface area (Å²) in [5.41, 5.74) is 14.1. The van der Waals surface area contributed by atoms with E-state index in [-0.39, 0.29) is 5.95 Å². The second-order valence-electron chi connectivity index (χ2n) is 3.35. The normalized spacial score (nSPS) is 10.2. The van der Waals surface area contributed by atoms with Crippen LogP contribution in [0.3, 0.4) is 0 Å². The average molecular weight is 200 g/mol. The van der Waals surface area contributed by atoms with E-state index in [0.717, 1.165) is 16.8 Å². The van der Waals surface area contributed by atoms with Crippen molar-refractivity contribution < 1.29 is 0 Å². The van der Waals surface area contributed by atoms with Crippen LogP contribution in [0.25, 0.3) is 11.3 Å². The van der Waals surface area contributed by atoms with Gasteiger partial charge >= 0.3 is 0 Å². The molecule has 0 saturated carbocycles. The molecule has 1 aromatic heterocycles. The highest BCUT2D eigenvalue weighted by molar-refractivity contribution is 5.66. The number of aryl methyl sites for hydroxylation is 1. The van der Waals surface area contributed by atoms with E-state index in [4.69, 9.17) is 11.5 Å². The predicted octanol–water partition coefficient (Wildman–Crippen LogP) is 1.62. The van der Waals surface area contributed by atoms with Gasteiger partial charge in [-0.1, -0.05) is 24.3 Å². The Morgan fingerprint density at radius 1 is 1.07 bits per heavy atom. The molecule has 2 rings (SSSR count). The maximum atomic E-state index is 5.62. The molecule has 0 radical (unpaired) electrons. The van der Waals surface area contributed by atoms with Crippen LogP contribution in [-0.4, -0.2) is 9.97 Å². The Labute approximate surface area is 88.0 Å². The van der Waals surface area contributed by atoms with Crippen molar-refractivity contribution in [2.45, 2.75) is 6.92 Å². The minimum atomic E-state index is 0.202. The lowest BCUT2D eigenvalue weighted by Crippen LogP contribution is -2.00. The van der Waals surface area contributed by atoms with Crippen LogP contribution in [0.15, 0.2) is 30.3 Å². The maximum Gasteiger partial charge on any atom is 0.222 e. The molecule has 0 fully saturated rings. The summed E-state index contributed by atoms with van der Waals surface area (Å²) in [7, 11) is 0. The summed E-state index contributed by atoms with van der Waals surface area (Å²) >= 11 is 0.